The van der Waals surface area contributed by atoms with Crippen LogP contribution in [0.25, 0.3) is 0 Å². The zero-order chi connectivity index (χ0) is 11.3. The number of carbonyl (C=O) groups excluding carboxylic acids is 1. The highest BCUT2D eigenvalue weighted by Gasteiger charge is 2.33. The van der Waals surface area contributed by atoms with Gasteiger partial charge in [0, 0.05) is 0 Å². The number of aliphatic hydroxyl groups is 1. The average molecular weight is 208 g/mol. The molecule has 0 bridgehead atoms. The summed E-state index contributed by atoms with van der Waals surface area (Å²) in [6.45, 7) is 3.69. The van der Waals surface area contributed by atoms with E-state index in [4.69, 9.17) is 4.74 Å². The van der Waals surface area contributed by atoms with Crippen LogP contribution < -0.4 is 0 Å². The van der Waals surface area contributed by atoms with Crippen LogP contribution in [0.5, 0.6) is 0 Å². The van der Waals surface area contributed by atoms with Gasteiger partial charge in [0.1, 0.15) is 0 Å². The van der Waals surface area contributed by atoms with Crippen LogP contribution >= 0.6 is 0 Å². The summed E-state index contributed by atoms with van der Waals surface area (Å²) in [6, 6.07) is 8.78. The fourth-order valence-electron chi connectivity index (χ4n) is 1.22. The van der Waals surface area contributed by atoms with E-state index in [1.165, 1.54) is 6.92 Å². The minimum Gasteiger partial charge on any atom is -0.463 e. The zero-order valence-corrected chi connectivity index (χ0v) is 9.06. The molecule has 0 aliphatic carbocycles. The van der Waals surface area contributed by atoms with Crippen LogP contribution in [0.15, 0.2) is 30.3 Å². The van der Waals surface area contributed by atoms with E-state index < -0.39 is 11.6 Å². The van der Waals surface area contributed by atoms with Crippen molar-refractivity contribution in [1.29, 1.82) is 0 Å². The molecule has 1 N–H and O–H groups in total. The molecule has 0 aliphatic heterocycles. The van der Waals surface area contributed by atoms with Crippen LogP contribution in [-0.4, -0.2) is 17.7 Å². The lowest BCUT2D eigenvalue weighted by Gasteiger charge is -2.21. The molecule has 0 saturated heterocycles. The van der Waals surface area contributed by atoms with Crippen LogP contribution in [-0.2, 0) is 15.1 Å². The Kier molecular flexibility index (Phi) is 3.86. The molecule has 3 heteroatoms. The van der Waals surface area contributed by atoms with Gasteiger partial charge in [0.05, 0.1) is 6.61 Å². The summed E-state index contributed by atoms with van der Waals surface area (Å²) in [4.78, 5) is 11.6. The molecular formula is C12H16O3. The molecule has 1 aromatic rings. The molecular weight excluding hydrogens is 192 g/mol. The molecule has 0 radical (unpaired) electrons. The van der Waals surface area contributed by atoms with Crippen molar-refractivity contribution in [2.45, 2.75) is 25.9 Å². The molecule has 15 heavy (non-hydrogen) atoms. The molecule has 0 amide bonds. The average Bonchev–Trinajstić information content (AvgIpc) is 2.27. The van der Waals surface area contributed by atoms with Gasteiger partial charge in [0.2, 0.25) is 0 Å². The van der Waals surface area contributed by atoms with Gasteiger partial charge in [-0.2, -0.15) is 0 Å². The SMILES string of the molecule is CCCOC(=O)C(C)(O)c1ccccc1. The van der Waals surface area contributed by atoms with Crippen LogP contribution in [0, 0.1) is 0 Å². The van der Waals surface area contributed by atoms with Crippen LogP contribution in [0.4, 0.5) is 0 Å². The Hall–Kier alpha value is -1.35. The third-order valence-corrected chi connectivity index (χ3v) is 2.17. The number of benzene rings is 1. The summed E-state index contributed by atoms with van der Waals surface area (Å²) < 4.78 is 4.92. The number of ether oxygens (including phenoxy) is 1. The Bertz CT molecular complexity index is 317. The van der Waals surface area contributed by atoms with Crippen LogP contribution in [0.1, 0.15) is 25.8 Å². The van der Waals surface area contributed by atoms with Gasteiger partial charge in [-0.15, -0.1) is 0 Å². The minimum atomic E-state index is -1.56. The Morgan fingerprint density at radius 3 is 2.53 bits per heavy atom. The van der Waals surface area contributed by atoms with Crippen LogP contribution in [0.3, 0.4) is 0 Å². The molecule has 0 aromatic heterocycles. The lowest BCUT2D eigenvalue weighted by atomic mass is 9.96. The monoisotopic (exact) mass is 208 g/mol. The van der Waals surface area contributed by atoms with E-state index in [0.29, 0.717) is 12.2 Å². The molecule has 0 heterocycles. The topological polar surface area (TPSA) is 46.5 Å². The van der Waals surface area contributed by atoms with Gasteiger partial charge in [-0.25, -0.2) is 4.79 Å². The van der Waals surface area contributed by atoms with Crippen molar-refractivity contribution in [2.24, 2.45) is 0 Å². The standard InChI is InChI=1S/C12H16O3/c1-3-9-15-11(13)12(2,14)10-7-5-4-6-8-10/h4-8,14H,3,9H2,1-2H3. The van der Waals surface area contributed by atoms with Crippen molar-refractivity contribution in [1.82, 2.24) is 0 Å². The number of rotatable bonds is 4. The second-order valence-corrected chi connectivity index (χ2v) is 3.57. The van der Waals surface area contributed by atoms with E-state index in [2.05, 4.69) is 0 Å². The molecule has 3 nitrogen and oxygen atoms in total. The Labute approximate surface area is 89.7 Å². The Balaban J connectivity index is 2.78. The van der Waals surface area contributed by atoms with Crippen molar-refractivity contribution < 1.29 is 14.6 Å². The molecule has 1 rings (SSSR count). The Morgan fingerprint density at radius 1 is 1.40 bits per heavy atom. The van der Waals surface area contributed by atoms with Crippen molar-refractivity contribution >= 4 is 5.97 Å². The van der Waals surface area contributed by atoms with Crippen molar-refractivity contribution in [3.05, 3.63) is 35.9 Å². The number of carbonyl (C=O) groups is 1. The first-order valence-electron chi connectivity index (χ1n) is 5.04. The van der Waals surface area contributed by atoms with E-state index in [9.17, 15) is 9.90 Å². The number of hydrogen-bond donors (Lipinski definition) is 1. The van der Waals surface area contributed by atoms with E-state index in [0.717, 1.165) is 6.42 Å². The van der Waals surface area contributed by atoms with Gasteiger partial charge in [0.15, 0.2) is 5.60 Å². The molecule has 0 saturated carbocycles. The van der Waals surface area contributed by atoms with E-state index >= 15 is 0 Å². The second-order valence-electron chi connectivity index (χ2n) is 3.57. The molecule has 0 aliphatic rings. The van der Waals surface area contributed by atoms with E-state index in [1.54, 1.807) is 24.3 Å². The summed E-state index contributed by atoms with van der Waals surface area (Å²) in [5, 5.41) is 10.0. The summed E-state index contributed by atoms with van der Waals surface area (Å²) in [5.41, 5.74) is -1.01. The lowest BCUT2D eigenvalue weighted by Crippen LogP contribution is -2.34. The maximum Gasteiger partial charge on any atom is 0.342 e. The fraction of sp³-hybridized carbons (Fsp3) is 0.417. The predicted molar refractivity (Wildman–Crippen MR) is 57.3 cm³/mol. The molecule has 0 fully saturated rings. The summed E-state index contributed by atoms with van der Waals surface area (Å²) in [5.74, 6) is -0.601. The quantitative estimate of drug-likeness (QED) is 0.768. The highest BCUT2D eigenvalue weighted by molar-refractivity contribution is 5.80. The first-order valence-corrected chi connectivity index (χ1v) is 5.04. The molecule has 0 spiro atoms. The van der Waals surface area contributed by atoms with Gasteiger partial charge in [-0.3, -0.25) is 0 Å². The summed E-state index contributed by atoms with van der Waals surface area (Å²) >= 11 is 0. The zero-order valence-electron chi connectivity index (χ0n) is 9.06. The normalized spacial score (nSPS) is 14.3. The third kappa shape index (κ3) is 2.80. The summed E-state index contributed by atoms with van der Waals surface area (Å²) in [7, 11) is 0. The second kappa shape index (κ2) is 4.94. The molecule has 1 atom stereocenters. The molecule has 1 unspecified atom stereocenters. The highest BCUT2D eigenvalue weighted by Crippen LogP contribution is 2.21. The number of esters is 1. The third-order valence-electron chi connectivity index (χ3n) is 2.17. The largest absolute Gasteiger partial charge is 0.463 e. The predicted octanol–water partition coefficient (Wildman–Crippen LogP) is 1.85. The van der Waals surface area contributed by atoms with E-state index in [1.807, 2.05) is 13.0 Å². The fourth-order valence-corrected chi connectivity index (χ4v) is 1.22. The van der Waals surface area contributed by atoms with Gasteiger partial charge >= 0.3 is 5.97 Å². The molecule has 1 aromatic carbocycles. The first-order chi connectivity index (χ1) is 7.09. The van der Waals surface area contributed by atoms with Crippen molar-refractivity contribution in [2.75, 3.05) is 6.61 Å². The maximum atomic E-state index is 11.6. The Morgan fingerprint density at radius 2 is 2.00 bits per heavy atom. The van der Waals surface area contributed by atoms with Gasteiger partial charge < -0.3 is 9.84 Å². The van der Waals surface area contributed by atoms with Gasteiger partial charge in [0.25, 0.3) is 0 Å². The highest BCUT2D eigenvalue weighted by atomic mass is 16.5. The molecule has 82 valence electrons. The van der Waals surface area contributed by atoms with Gasteiger partial charge in [-0.05, 0) is 18.9 Å². The minimum absolute atomic E-state index is 0.335. The number of hydrogen-bond acceptors (Lipinski definition) is 3. The van der Waals surface area contributed by atoms with Crippen LogP contribution in [0.2, 0.25) is 0 Å². The maximum absolute atomic E-state index is 11.6. The van der Waals surface area contributed by atoms with Crippen molar-refractivity contribution in [3.8, 4) is 0 Å². The summed E-state index contributed by atoms with van der Waals surface area (Å²) in [6.07, 6.45) is 0.747. The van der Waals surface area contributed by atoms with Gasteiger partial charge in [-0.1, -0.05) is 37.3 Å². The smallest absolute Gasteiger partial charge is 0.342 e. The van der Waals surface area contributed by atoms with Crippen molar-refractivity contribution in [3.63, 3.8) is 0 Å². The first kappa shape index (κ1) is 11.7. The lowest BCUT2D eigenvalue weighted by molar-refractivity contribution is -0.164. The van der Waals surface area contributed by atoms with E-state index in [-0.39, 0.29) is 0 Å².